The van der Waals surface area contributed by atoms with Crippen molar-refractivity contribution >= 4 is 21.8 Å². The first kappa shape index (κ1) is 15.4. The fraction of sp³-hybridized carbons (Fsp3) is 0.429. The van der Waals surface area contributed by atoms with Crippen LogP contribution >= 0.6 is 11.8 Å². The third-order valence-corrected chi connectivity index (χ3v) is 6.34. The first-order valence-corrected chi connectivity index (χ1v) is 8.95. The molecule has 1 fully saturated rings. The maximum Gasteiger partial charge on any atom is 0.244 e. The Kier molecular flexibility index (Phi) is 5.11. The highest BCUT2D eigenvalue weighted by atomic mass is 32.2. The third-order valence-electron chi connectivity index (χ3n) is 3.08. The van der Waals surface area contributed by atoms with Crippen LogP contribution in [-0.4, -0.2) is 48.5 Å². The number of benzene rings is 1. The zero-order valence-electron chi connectivity index (χ0n) is 11.2. The summed E-state index contributed by atoms with van der Waals surface area (Å²) in [5, 5.41) is 8.78. The number of nitrogens with zero attached hydrogens (tertiary/aromatic N) is 1. The van der Waals surface area contributed by atoms with Crippen LogP contribution in [0, 0.1) is 11.8 Å². The summed E-state index contributed by atoms with van der Waals surface area (Å²) in [5.41, 5.74) is 0.437. The zero-order valence-corrected chi connectivity index (χ0v) is 12.9. The summed E-state index contributed by atoms with van der Waals surface area (Å²) in [6.07, 6.45) is 0. The number of hydrogen-bond acceptors (Lipinski definition) is 4. The molecule has 0 saturated carbocycles. The molecule has 1 aromatic rings. The Bertz CT molecular complexity index is 631. The minimum atomic E-state index is -3.54. The van der Waals surface area contributed by atoms with E-state index in [1.54, 1.807) is 40.3 Å². The van der Waals surface area contributed by atoms with Crippen LogP contribution in [0.25, 0.3) is 0 Å². The summed E-state index contributed by atoms with van der Waals surface area (Å²) < 4.78 is 27.1. The highest BCUT2D eigenvalue weighted by molar-refractivity contribution is 7.99. The van der Waals surface area contributed by atoms with Crippen LogP contribution < -0.4 is 0 Å². The van der Waals surface area contributed by atoms with E-state index in [1.807, 2.05) is 6.92 Å². The molecule has 1 unspecified atom stereocenters. The highest BCUT2D eigenvalue weighted by Gasteiger charge is 2.32. The summed E-state index contributed by atoms with van der Waals surface area (Å²) in [4.78, 5) is 0.222. The van der Waals surface area contributed by atoms with Gasteiger partial charge in [0.15, 0.2) is 0 Å². The summed E-state index contributed by atoms with van der Waals surface area (Å²) in [5.74, 6) is 6.84. The third kappa shape index (κ3) is 3.18. The molecule has 108 valence electrons. The first-order valence-electron chi connectivity index (χ1n) is 6.35. The lowest BCUT2D eigenvalue weighted by Crippen LogP contribution is -2.44. The van der Waals surface area contributed by atoms with Crippen LogP contribution in [0.1, 0.15) is 12.5 Å². The molecular formula is C14H17NO3S2. The molecule has 1 saturated heterocycles. The monoisotopic (exact) mass is 311 g/mol. The van der Waals surface area contributed by atoms with Gasteiger partial charge in [-0.1, -0.05) is 24.0 Å². The SMILES string of the molecule is CC1CSCCN1S(=O)(=O)c1ccccc1C#CCO. The van der Waals surface area contributed by atoms with Crippen molar-refractivity contribution in [1.29, 1.82) is 0 Å². The number of sulfonamides is 1. The highest BCUT2D eigenvalue weighted by Crippen LogP contribution is 2.26. The van der Waals surface area contributed by atoms with Gasteiger partial charge in [-0.25, -0.2) is 8.42 Å². The van der Waals surface area contributed by atoms with Crippen molar-refractivity contribution in [2.75, 3.05) is 24.7 Å². The Hall–Kier alpha value is -1.00. The molecule has 4 nitrogen and oxygen atoms in total. The maximum absolute atomic E-state index is 12.8. The van der Waals surface area contributed by atoms with Gasteiger partial charge in [0.1, 0.15) is 6.61 Å². The van der Waals surface area contributed by atoms with E-state index in [-0.39, 0.29) is 17.5 Å². The van der Waals surface area contributed by atoms with E-state index in [0.29, 0.717) is 12.1 Å². The van der Waals surface area contributed by atoms with Crippen LogP contribution in [0.2, 0.25) is 0 Å². The smallest absolute Gasteiger partial charge is 0.244 e. The van der Waals surface area contributed by atoms with Gasteiger partial charge in [0.05, 0.1) is 4.90 Å². The van der Waals surface area contributed by atoms with E-state index in [1.165, 1.54) is 0 Å². The summed E-state index contributed by atoms with van der Waals surface area (Å²) >= 11 is 1.77. The van der Waals surface area contributed by atoms with E-state index in [2.05, 4.69) is 11.8 Å². The van der Waals surface area contributed by atoms with Crippen molar-refractivity contribution in [3.63, 3.8) is 0 Å². The van der Waals surface area contributed by atoms with Crippen molar-refractivity contribution in [1.82, 2.24) is 4.31 Å². The lowest BCUT2D eigenvalue weighted by atomic mass is 10.2. The van der Waals surface area contributed by atoms with Crippen LogP contribution in [-0.2, 0) is 10.0 Å². The molecule has 20 heavy (non-hydrogen) atoms. The predicted molar refractivity (Wildman–Crippen MR) is 81.1 cm³/mol. The van der Waals surface area contributed by atoms with Crippen molar-refractivity contribution < 1.29 is 13.5 Å². The van der Waals surface area contributed by atoms with Crippen LogP contribution in [0.15, 0.2) is 29.2 Å². The molecule has 1 aromatic carbocycles. The topological polar surface area (TPSA) is 57.6 Å². The van der Waals surface area contributed by atoms with Crippen LogP contribution in [0.3, 0.4) is 0 Å². The van der Waals surface area contributed by atoms with Crippen LogP contribution in [0.5, 0.6) is 0 Å². The van der Waals surface area contributed by atoms with Gasteiger partial charge in [0, 0.05) is 29.7 Å². The first-order chi connectivity index (χ1) is 9.57. The minimum Gasteiger partial charge on any atom is -0.384 e. The van der Waals surface area contributed by atoms with Gasteiger partial charge in [-0.3, -0.25) is 0 Å². The second-order valence-corrected chi connectivity index (χ2v) is 7.50. The second kappa shape index (κ2) is 6.64. The molecule has 0 bridgehead atoms. The summed E-state index contributed by atoms with van der Waals surface area (Å²) in [7, 11) is -3.54. The largest absolute Gasteiger partial charge is 0.384 e. The van der Waals surface area contributed by atoms with E-state index < -0.39 is 10.0 Å². The number of rotatable bonds is 2. The van der Waals surface area contributed by atoms with Gasteiger partial charge in [-0.2, -0.15) is 16.1 Å². The van der Waals surface area contributed by atoms with Gasteiger partial charge < -0.3 is 5.11 Å². The number of aliphatic hydroxyl groups is 1. The molecule has 0 radical (unpaired) electrons. The Labute approximate surface area is 124 Å². The lowest BCUT2D eigenvalue weighted by Gasteiger charge is -2.32. The molecule has 1 N–H and O–H groups in total. The second-order valence-electron chi connectivity index (χ2n) is 4.50. The molecular weight excluding hydrogens is 294 g/mol. The molecule has 0 spiro atoms. The van der Waals surface area contributed by atoms with E-state index >= 15 is 0 Å². The average molecular weight is 311 g/mol. The Morgan fingerprint density at radius 3 is 2.90 bits per heavy atom. The molecule has 1 aliphatic heterocycles. The van der Waals surface area contributed by atoms with Gasteiger partial charge in [-0.05, 0) is 19.1 Å². The van der Waals surface area contributed by atoms with Crippen molar-refractivity contribution in [2.24, 2.45) is 0 Å². The zero-order chi connectivity index (χ0) is 14.6. The summed E-state index contributed by atoms with van der Waals surface area (Å²) in [6, 6.07) is 6.66. The summed E-state index contributed by atoms with van der Waals surface area (Å²) in [6.45, 7) is 2.16. The Morgan fingerprint density at radius 1 is 1.45 bits per heavy atom. The quantitative estimate of drug-likeness (QED) is 0.833. The molecule has 1 atom stereocenters. The molecule has 0 aliphatic carbocycles. The number of hydrogen-bond donors (Lipinski definition) is 1. The van der Waals surface area contributed by atoms with Crippen LogP contribution in [0.4, 0.5) is 0 Å². The lowest BCUT2D eigenvalue weighted by molar-refractivity contribution is 0.350. The average Bonchev–Trinajstić information content (AvgIpc) is 2.45. The van der Waals surface area contributed by atoms with Gasteiger partial charge in [-0.15, -0.1) is 0 Å². The molecule has 0 amide bonds. The van der Waals surface area contributed by atoms with Crippen molar-refractivity contribution in [3.05, 3.63) is 29.8 Å². The van der Waals surface area contributed by atoms with E-state index in [0.717, 1.165) is 11.5 Å². The molecule has 0 aromatic heterocycles. The van der Waals surface area contributed by atoms with Gasteiger partial charge >= 0.3 is 0 Å². The Balaban J connectivity index is 2.44. The van der Waals surface area contributed by atoms with Gasteiger partial charge in [0.25, 0.3) is 0 Å². The van der Waals surface area contributed by atoms with E-state index in [9.17, 15) is 8.42 Å². The normalized spacial score (nSPS) is 20.2. The number of thioether (sulfide) groups is 1. The standard InChI is InChI=1S/C14H17NO3S2/c1-12-11-19-10-8-15(12)20(17,18)14-7-3-2-5-13(14)6-4-9-16/h2-3,5,7,12,16H,8-11H2,1H3. The molecule has 2 rings (SSSR count). The molecule has 1 aliphatic rings. The predicted octanol–water partition coefficient (Wildman–Crippen LogP) is 1.16. The minimum absolute atomic E-state index is 0.0161. The van der Waals surface area contributed by atoms with Crippen molar-refractivity contribution in [2.45, 2.75) is 17.9 Å². The van der Waals surface area contributed by atoms with Crippen molar-refractivity contribution in [3.8, 4) is 11.8 Å². The fourth-order valence-electron chi connectivity index (χ4n) is 2.12. The Morgan fingerprint density at radius 2 is 2.20 bits per heavy atom. The van der Waals surface area contributed by atoms with E-state index in [4.69, 9.17) is 5.11 Å². The maximum atomic E-state index is 12.8. The van der Waals surface area contributed by atoms with Gasteiger partial charge in [0.2, 0.25) is 10.0 Å². The molecule has 6 heteroatoms. The fourth-order valence-corrected chi connectivity index (χ4v) is 5.13. The molecule has 1 heterocycles. The number of aliphatic hydroxyl groups excluding tert-OH is 1.